The molecule has 0 saturated carbocycles. The average molecular weight is 202 g/mol. The highest BCUT2D eigenvalue weighted by atomic mass is 16.7. The summed E-state index contributed by atoms with van der Waals surface area (Å²) in [5.41, 5.74) is 0. The number of rotatable bonds is 8. The van der Waals surface area contributed by atoms with E-state index in [0.717, 1.165) is 25.7 Å². The summed E-state index contributed by atoms with van der Waals surface area (Å²) in [6.45, 7) is 4.18. The molecule has 0 atom stereocenters. The summed E-state index contributed by atoms with van der Waals surface area (Å²) < 4.78 is 9.93. The molecule has 0 unspecified atom stereocenters. The number of hydrogen-bond acceptors (Lipinski definition) is 3. The maximum Gasteiger partial charge on any atom is 0.217 e. The van der Waals surface area contributed by atoms with Gasteiger partial charge in [-0.25, -0.2) is 0 Å². The molecule has 0 rings (SSSR count). The molecule has 0 aromatic rings. The van der Waals surface area contributed by atoms with Gasteiger partial charge in [-0.1, -0.05) is 26.7 Å². The molecule has 0 saturated heterocycles. The highest BCUT2D eigenvalue weighted by molar-refractivity contribution is 5.84. The van der Waals surface area contributed by atoms with Gasteiger partial charge < -0.3 is 9.47 Å². The molecule has 0 aliphatic heterocycles. The molecule has 3 nitrogen and oxygen atoms in total. The predicted molar refractivity (Wildman–Crippen MR) is 56.1 cm³/mol. The lowest BCUT2D eigenvalue weighted by atomic mass is 9.93. The van der Waals surface area contributed by atoms with Gasteiger partial charge in [0, 0.05) is 20.1 Å². The molecule has 0 fully saturated rings. The van der Waals surface area contributed by atoms with Crippen molar-refractivity contribution in [2.45, 2.75) is 45.8 Å². The van der Waals surface area contributed by atoms with Crippen LogP contribution in [0, 0.1) is 5.92 Å². The molecular formula is C11H22O3. The van der Waals surface area contributed by atoms with E-state index < -0.39 is 6.29 Å². The monoisotopic (exact) mass is 202 g/mol. The normalized spacial score (nSPS) is 11.3. The van der Waals surface area contributed by atoms with E-state index in [4.69, 9.17) is 9.47 Å². The maximum absolute atomic E-state index is 11.8. The zero-order valence-electron chi connectivity index (χ0n) is 9.71. The van der Waals surface area contributed by atoms with Gasteiger partial charge in [0.1, 0.15) is 0 Å². The van der Waals surface area contributed by atoms with E-state index >= 15 is 0 Å². The fourth-order valence-corrected chi connectivity index (χ4v) is 1.65. The Bertz CT molecular complexity index is 147. The van der Waals surface area contributed by atoms with E-state index in [0.29, 0.717) is 0 Å². The van der Waals surface area contributed by atoms with E-state index in [9.17, 15) is 4.79 Å². The second-order valence-corrected chi connectivity index (χ2v) is 3.48. The predicted octanol–water partition coefficient (Wildman–Crippen LogP) is 2.39. The largest absolute Gasteiger partial charge is 0.349 e. The molecule has 84 valence electrons. The van der Waals surface area contributed by atoms with Crippen molar-refractivity contribution in [2.24, 2.45) is 5.92 Å². The smallest absolute Gasteiger partial charge is 0.217 e. The molecule has 14 heavy (non-hydrogen) atoms. The van der Waals surface area contributed by atoms with Crippen molar-refractivity contribution in [3.8, 4) is 0 Å². The van der Waals surface area contributed by atoms with Crippen molar-refractivity contribution in [3.05, 3.63) is 0 Å². The second-order valence-electron chi connectivity index (χ2n) is 3.48. The highest BCUT2D eigenvalue weighted by Gasteiger charge is 2.25. The summed E-state index contributed by atoms with van der Waals surface area (Å²) in [5.74, 6) is 0.175. The quantitative estimate of drug-likeness (QED) is 0.567. The Morgan fingerprint density at radius 3 is 1.79 bits per heavy atom. The van der Waals surface area contributed by atoms with Crippen LogP contribution in [0.5, 0.6) is 0 Å². The van der Waals surface area contributed by atoms with Gasteiger partial charge in [0.2, 0.25) is 6.29 Å². The second kappa shape index (κ2) is 7.94. The van der Waals surface area contributed by atoms with Crippen LogP contribution in [0.2, 0.25) is 0 Å². The number of ether oxygens (including phenoxy) is 2. The minimum absolute atomic E-state index is 0.0821. The Balaban J connectivity index is 4.24. The Hall–Kier alpha value is -0.410. The van der Waals surface area contributed by atoms with Gasteiger partial charge in [0.25, 0.3) is 0 Å². The molecule has 0 aromatic heterocycles. The minimum Gasteiger partial charge on any atom is -0.349 e. The zero-order chi connectivity index (χ0) is 11.0. The van der Waals surface area contributed by atoms with Crippen LogP contribution in [0.1, 0.15) is 39.5 Å². The van der Waals surface area contributed by atoms with E-state index in [1.165, 1.54) is 14.2 Å². The molecule has 0 aliphatic carbocycles. The number of carbonyl (C=O) groups excluding carboxylic acids is 1. The first-order valence-corrected chi connectivity index (χ1v) is 5.30. The van der Waals surface area contributed by atoms with Crippen LogP contribution in [-0.4, -0.2) is 26.3 Å². The number of hydrogen-bond donors (Lipinski definition) is 0. The summed E-state index contributed by atoms with van der Waals surface area (Å²) in [6, 6.07) is 0. The van der Waals surface area contributed by atoms with Crippen LogP contribution in [0.15, 0.2) is 0 Å². The molecule has 0 bridgehead atoms. The summed E-state index contributed by atoms with van der Waals surface area (Å²) >= 11 is 0. The molecule has 0 heterocycles. The van der Waals surface area contributed by atoms with Crippen LogP contribution >= 0.6 is 0 Å². The first-order valence-electron chi connectivity index (χ1n) is 5.30. The van der Waals surface area contributed by atoms with Crippen molar-refractivity contribution < 1.29 is 14.3 Å². The molecule has 0 amide bonds. The van der Waals surface area contributed by atoms with Crippen LogP contribution in [0.4, 0.5) is 0 Å². The van der Waals surface area contributed by atoms with Crippen LogP contribution in [0.3, 0.4) is 0 Å². The molecule has 0 radical (unpaired) electrons. The number of ketones is 1. The molecule has 0 aliphatic rings. The number of carbonyl (C=O) groups is 1. The van der Waals surface area contributed by atoms with E-state index in [2.05, 4.69) is 13.8 Å². The van der Waals surface area contributed by atoms with Gasteiger partial charge in [-0.05, 0) is 12.8 Å². The molecule has 0 aromatic carbocycles. The first-order chi connectivity index (χ1) is 6.71. The van der Waals surface area contributed by atoms with E-state index in [-0.39, 0.29) is 11.7 Å². The third-order valence-corrected chi connectivity index (χ3v) is 2.34. The minimum atomic E-state index is -0.682. The van der Waals surface area contributed by atoms with E-state index in [1.807, 2.05) is 0 Å². The third-order valence-electron chi connectivity index (χ3n) is 2.34. The van der Waals surface area contributed by atoms with Gasteiger partial charge in [-0.2, -0.15) is 0 Å². The Morgan fingerprint density at radius 2 is 1.50 bits per heavy atom. The zero-order valence-corrected chi connectivity index (χ0v) is 9.71. The SMILES string of the molecule is CCCC(CCC)C(=O)C(OC)OC. The lowest BCUT2D eigenvalue weighted by Gasteiger charge is -2.19. The van der Waals surface area contributed by atoms with Crippen molar-refractivity contribution >= 4 is 5.78 Å². The van der Waals surface area contributed by atoms with Crippen molar-refractivity contribution in [2.75, 3.05) is 14.2 Å². The van der Waals surface area contributed by atoms with Crippen molar-refractivity contribution in [1.82, 2.24) is 0 Å². The Kier molecular flexibility index (Phi) is 7.71. The highest BCUT2D eigenvalue weighted by Crippen LogP contribution is 2.17. The Labute approximate surface area is 86.8 Å². The van der Waals surface area contributed by atoms with Crippen molar-refractivity contribution in [1.29, 1.82) is 0 Å². The lowest BCUT2D eigenvalue weighted by Crippen LogP contribution is -2.31. The van der Waals surface area contributed by atoms with Crippen molar-refractivity contribution in [3.63, 3.8) is 0 Å². The maximum atomic E-state index is 11.8. The number of Topliss-reactive ketones (excluding diaryl/α,β-unsaturated/α-hetero) is 1. The van der Waals surface area contributed by atoms with Crippen LogP contribution in [0.25, 0.3) is 0 Å². The average Bonchev–Trinajstić information content (AvgIpc) is 2.19. The summed E-state index contributed by atoms with van der Waals surface area (Å²) in [6.07, 6.45) is 3.22. The summed E-state index contributed by atoms with van der Waals surface area (Å²) in [4.78, 5) is 11.8. The van der Waals surface area contributed by atoms with E-state index in [1.54, 1.807) is 0 Å². The summed E-state index contributed by atoms with van der Waals surface area (Å²) in [7, 11) is 3.00. The first kappa shape index (κ1) is 13.6. The van der Waals surface area contributed by atoms with Crippen LogP contribution in [-0.2, 0) is 14.3 Å². The molecule has 0 spiro atoms. The third kappa shape index (κ3) is 4.20. The fraction of sp³-hybridized carbons (Fsp3) is 0.909. The molecular weight excluding hydrogens is 180 g/mol. The van der Waals surface area contributed by atoms with Gasteiger partial charge in [0.05, 0.1) is 0 Å². The molecule has 0 N–H and O–H groups in total. The topological polar surface area (TPSA) is 35.5 Å². The molecule has 3 heteroatoms. The number of methoxy groups -OCH3 is 2. The van der Waals surface area contributed by atoms with Gasteiger partial charge in [0.15, 0.2) is 5.78 Å². The lowest BCUT2D eigenvalue weighted by molar-refractivity contribution is -0.161. The summed E-state index contributed by atoms with van der Waals surface area (Å²) in [5, 5.41) is 0. The van der Waals surface area contributed by atoms with Gasteiger partial charge in [-0.15, -0.1) is 0 Å². The van der Waals surface area contributed by atoms with Gasteiger partial charge in [-0.3, -0.25) is 4.79 Å². The van der Waals surface area contributed by atoms with Crippen LogP contribution < -0.4 is 0 Å². The standard InChI is InChI=1S/C11H22O3/c1-5-7-9(8-6-2)10(12)11(13-3)14-4/h9,11H,5-8H2,1-4H3. The van der Waals surface area contributed by atoms with Gasteiger partial charge >= 0.3 is 0 Å². The fourth-order valence-electron chi connectivity index (χ4n) is 1.65. The Morgan fingerprint density at radius 1 is 1.07 bits per heavy atom.